The zero-order valence-corrected chi connectivity index (χ0v) is 10.3. The molecule has 4 heteroatoms. The van der Waals surface area contributed by atoms with Crippen molar-refractivity contribution in [1.82, 2.24) is 4.98 Å². The molecule has 16 heavy (non-hydrogen) atoms. The van der Waals surface area contributed by atoms with Crippen molar-refractivity contribution in [3.05, 3.63) is 40.4 Å². The highest BCUT2D eigenvalue weighted by atomic mass is 32.1. The van der Waals surface area contributed by atoms with Gasteiger partial charge in [0.1, 0.15) is 0 Å². The molecule has 0 aliphatic rings. The van der Waals surface area contributed by atoms with E-state index in [-0.39, 0.29) is 0 Å². The fourth-order valence-electron chi connectivity index (χ4n) is 1.60. The number of aryl methyl sites for hydroxylation is 2. The second kappa shape index (κ2) is 4.53. The van der Waals surface area contributed by atoms with Gasteiger partial charge in [0.2, 0.25) is 0 Å². The molecule has 1 aromatic carbocycles. The minimum atomic E-state index is 0.623. The molecule has 1 heterocycles. The van der Waals surface area contributed by atoms with Crippen molar-refractivity contribution >= 4 is 22.2 Å². The van der Waals surface area contributed by atoms with Gasteiger partial charge in [-0.15, -0.1) is 11.3 Å². The minimum Gasteiger partial charge on any atom is -0.379 e. The van der Waals surface area contributed by atoms with Crippen LogP contribution in [0.2, 0.25) is 0 Å². The van der Waals surface area contributed by atoms with E-state index in [9.17, 15) is 0 Å². The van der Waals surface area contributed by atoms with Crippen LogP contribution >= 0.6 is 11.3 Å². The summed E-state index contributed by atoms with van der Waals surface area (Å²) in [6, 6.07) is 6.36. The number of hydrogen-bond donors (Lipinski definition) is 2. The van der Waals surface area contributed by atoms with E-state index in [4.69, 9.17) is 5.73 Å². The molecule has 1 aromatic heterocycles. The molecule has 0 unspecified atom stereocenters. The quantitative estimate of drug-likeness (QED) is 0.857. The highest BCUT2D eigenvalue weighted by Crippen LogP contribution is 2.18. The predicted molar refractivity (Wildman–Crippen MR) is 69.8 cm³/mol. The zero-order valence-electron chi connectivity index (χ0n) is 9.45. The summed E-state index contributed by atoms with van der Waals surface area (Å²) in [5, 5.41) is 5.96. The molecule has 0 bridgehead atoms. The standard InChI is InChI=1S/C12H15N3S/c1-8-3-4-11(9(2)5-8)14-6-10-7-16-12(13)15-10/h3-5,7,14H,6H2,1-2H3,(H2,13,15). The van der Waals surface area contributed by atoms with Crippen LogP contribution in [0.15, 0.2) is 23.6 Å². The second-order valence-electron chi connectivity index (χ2n) is 3.85. The molecule has 2 aromatic rings. The second-order valence-corrected chi connectivity index (χ2v) is 4.74. The molecule has 0 amide bonds. The number of hydrogen-bond acceptors (Lipinski definition) is 4. The Kier molecular flexibility index (Phi) is 3.10. The summed E-state index contributed by atoms with van der Waals surface area (Å²) in [6.45, 7) is 4.92. The Hall–Kier alpha value is -1.55. The molecule has 3 N–H and O–H groups in total. The Bertz CT molecular complexity index is 491. The molecule has 0 radical (unpaired) electrons. The topological polar surface area (TPSA) is 50.9 Å². The van der Waals surface area contributed by atoms with E-state index < -0.39 is 0 Å². The molecule has 0 spiro atoms. The SMILES string of the molecule is Cc1ccc(NCc2csc(N)n2)c(C)c1. The van der Waals surface area contributed by atoms with Crippen molar-refractivity contribution in [3.63, 3.8) is 0 Å². The van der Waals surface area contributed by atoms with Crippen molar-refractivity contribution in [3.8, 4) is 0 Å². The maximum absolute atomic E-state index is 5.58. The van der Waals surface area contributed by atoms with Crippen LogP contribution in [0.5, 0.6) is 0 Å². The Morgan fingerprint density at radius 1 is 1.38 bits per heavy atom. The van der Waals surface area contributed by atoms with Crippen molar-refractivity contribution in [1.29, 1.82) is 0 Å². The third kappa shape index (κ3) is 2.52. The number of thiazole rings is 1. The van der Waals surface area contributed by atoms with Crippen LogP contribution in [-0.4, -0.2) is 4.98 Å². The van der Waals surface area contributed by atoms with Crippen LogP contribution in [0.4, 0.5) is 10.8 Å². The maximum Gasteiger partial charge on any atom is 0.180 e. The number of rotatable bonds is 3. The fraction of sp³-hybridized carbons (Fsp3) is 0.250. The summed E-state index contributed by atoms with van der Waals surface area (Å²) >= 11 is 1.47. The molecule has 3 nitrogen and oxygen atoms in total. The van der Waals surface area contributed by atoms with Gasteiger partial charge in [0.05, 0.1) is 12.2 Å². The Morgan fingerprint density at radius 2 is 2.19 bits per heavy atom. The lowest BCUT2D eigenvalue weighted by Crippen LogP contribution is -2.01. The molecule has 0 aliphatic heterocycles. The Balaban J connectivity index is 2.04. The van der Waals surface area contributed by atoms with Crippen LogP contribution in [0, 0.1) is 13.8 Å². The summed E-state index contributed by atoms with van der Waals surface area (Å²) in [7, 11) is 0. The number of nitrogens with one attached hydrogen (secondary N) is 1. The first-order chi connectivity index (χ1) is 7.65. The molecular formula is C12H15N3S. The third-order valence-electron chi connectivity index (χ3n) is 2.41. The molecule has 2 rings (SSSR count). The summed E-state index contributed by atoms with van der Waals surface area (Å²) in [6.07, 6.45) is 0. The Labute approximate surface area is 99.3 Å². The molecule has 84 valence electrons. The molecule has 0 atom stereocenters. The summed E-state index contributed by atoms with van der Waals surface area (Å²) < 4.78 is 0. The maximum atomic E-state index is 5.58. The monoisotopic (exact) mass is 233 g/mol. The largest absolute Gasteiger partial charge is 0.379 e. The van der Waals surface area contributed by atoms with Crippen LogP contribution in [0.1, 0.15) is 16.8 Å². The summed E-state index contributed by atoms with van der Waals surface area (Å²) in [4.78, 5) is 4.21. The van der Waals surface area contributed by atoms with Gasteiger partial charge in [0.25, 0.3) is 0 Å². The minimum absolute atomic E-state index is 0.623. The van der Waals surface area contributed by atoms with Crippen molar-refractivity contribution in [2.45, 2.75) is 20.4 Å². The van der Waals surface area contributed by atoms with Gasteiger partial charge in [-0.05, 0) is 25.5 Å². The first kappa shape index (κ1) is 11.0. The number of aromatic nitrogens is 1. The Morgan fingerprint density at radius 3 is 2.81 bits per heavy atom. The van der Waals surface area contributed by atoms with Crippen molar-refractivity contribution in [2.75, 3.05) is 11.1 Å². The smallest absolute Gasteiger partial charge is 0.180 e. The van der Waals surface area contributed by atoms with Gasteiger partial charge in [0, 0.05) is 11.1 Å². The first-order valence-electron chi connectivity index (χ1n) is 5.16. The number of benzene rings is 1. The summed E-state index contributed by atoms with van der Waals surface area (Å²) in [5.41, 5.74) is 10.2. The molecular weight excluding hydrogens is 218 g/mol. The van der Waals surface area contributed by atoms with Crippen LogP contribution in [-0.2, 0) is 6.54 Å². The van der Waals surface area contributed by atoms with E-state index in [0.29, 0.717) is 5.13 Å². The highest BCUT2D eigenvalue weighted by Gasteiger charge is 2.01. The van der Waals surface area contributed by atoms with E-state index in [0.717, 1.165) is 17.9 Å². The highest BCUT2D eigenvalue weighted by molar-refractivity contribution is 7.13. The van der Waals surface area contributed by atoms with E-state index in [2.05, 4.69) is 42.3 Å². The van der Waals surface area contributed by atoms with Gasteiger partial charge in [-0.25, -0.2) is 4.98 Å². The molecule has 0 fully saturated rings. The lowest BCUT2D eigenvalue weighted by Gasteiger charge is -2.08. The number of nitrogens with two attached hydrogens (primary N) is 1. The third-order valence-corrected chi connectivity index (χ3v) is 3.13. The van der Waals surface area contributed by atoms with E-state index in [1.54, 1.807) is 0 Å². The van der Waals surface area contributed by atoms with Crippen LogP contribution < -0.4 is 11.1 Å². The van der Waals surface area contributed by atoms with Gasteiger partial charge in [-0.2, -0.15) is 0 Å². The van der Waals surface area contributed by atoms with E-state index in [1.807, 2.05) is 5.38 Å². The average Bonchev–Trinajstić information content (AvgIpc) is 2.63. The average molecular weight is 233 g/mol. The first-order valence-corrected chi connectivity index (χ1v) is 6.04. The lowest BCUT2D eigenvalue weighted by molar-refractivity contribution is 1.07. The van der Waals surface area contributed by atoms with Gasteiger partial charge < -0.3 is 11.1 Å². The lowest BCUT2D eigenvalue weighted by atomic mass is 10.1. The molecule has 0 saturated carbocycles. The van der Waals surface area contributed by atoms with E-state index >= 15 is 0 Å². The van der Waals surface area contributed by atoms with Crippen LogP contribution in [0.3, 0.4) is 0 Å². The van der Waals surface area contributed by atoms with Crippen molar-refractivity contribution in [2.24, 2.45) is 0 Å². The van der Waals surface area contributed by atoms with E-state index in [1.165, 1.54) is 22.5 Å². The molecule has 0 saturated heterocycles. The number of nitrogens with zero attached hydrogens (tertiary/aromatic N) is 1. The normalized spacial score (nSPS) is 10.4. The van der Waals surface area contributed by atoms with Gasteiger partial charge in [0.15, 0.2) is 5.13 Å². The molecule has 0 aliphatic carbocycles. The zero-order chi connectivity index (χ0) is 11.5. The van der Waals surface area contributed by atoms with Gasteiger partial charge in [-0.3, -0.25) is 0 Å². The van der Waals surface area contributed by atoms with Crippen molar-refractivity contribution < 1.29 is 0 Å². The van der Waals surface area contributed by atoms with Crippen LogP contribution in [0.25, 0.3) is 0 Å². The number of anilines is 2. The predicted octanol–water partition coefficient (Wildman–Crippen LogP) is 2.95. The van der Waals surface area contributed by atoms with Gasteiger partial charge >= 0.3 is 0 Å². The number of nitrogen functional groups attached to an aromatic ring is 1. The van der Waals surface area contributed by atoms with Gasteiger partial charge in [-0.1, -0.05) is 17.7 Å². The fourth-order valence-corrected chi connectivity index (χ4v) is 2.16. The summed E-state index contributed by atoms with van der Waals surface area (Å²) in [5.74, 6) is 0.